The lowest BCUT2D eigenvalue weighted by Crippen LogP contribution is -2.18. The van der Waals surface area contributed by atoms with Crippen LogP contribution in [0.15, 0.2) is 29.6 Å². The van der Waals surface area contributed by atoms with Gasteiger partial charge < -0.3 is 14.6 Å². The van der Waals surface area contributed by atoms with Crippen molar-refractivity contribution in [1.29, 1.82) is 0 Å². The van der Waals surface area contributed by atoms with Crippen molar-refractivity contribution in [3.63, 3.8) is 0 Å². The molecule has 1 aliphatic rings. The van der Waals surface area contributed by atoms with Gasteiger partial charge in [0.1, 0.15) is 17.6 Å². The fourth-order valence-electron chi connectivity index (χ4n) is 2.42. The fraction of sp³-hybridized carbons (Fsp3) is 0.333. The summed E-state index contributed by atoms with van der Waals surface area (Å²) in [5.74, 6) is 1.46. The van der Waals surface area contributed by atoms with E-state index in [4.69, 9.17) is 9.47 Å². The molecule has 1 aliphatic heterocycles. The maximum atomic E-state index is 10.3. The molecule has 19 heavy (non-hydrogen) atoms. The normalized spacial score (nSPS) is 21.6. The number of thiophene rings is 1. The summed E-state index contributed by atoms with van der Waals surface area (Å²) in [6, 6.07) is 7.64. The Kier molecular flexibility index (Phi) is 3.21. The molecule has 3 rings (SSSR count). The van der Waals surface area contributed by atoms with Crippen LogP contribution in [0.1, 0.15) is 34.6 Å². The Morgan fingerprint density at radius 3 is 2.89 bits per heavy atom. The third kappa shape index (κ3) is 2.22. The van der Waals surface area contributed by atoms with Gasteiger partial charge >= 0.3 is 0 Å². The molecule has 2 atom stereocenters. The molecule has 3 nitrogen and oxygen atoms in total. The first-order valence-electron chi connectivity index (χ1n) is 6.25. The molecular formula is C15H16O3S. The molecule has 0 fully saturated rings. The van der Waals surface area contributed by atoms with Gasteiger partial charge in [0.25, 0.3) is 0 Å². The van der Waals surface area contributed by atoms with Gasteiger partial charge in [-0.25, -0.2) is 0 Å². The molecule has 2 heterocycles. The maximum Gasteiger partial charge on any atom is 0.136 e. The lowest BCUT2D eigenvalue weighted by Gasteiger charge is -2.29. The zero-order valence-electron chi connectivity index (χ0n) is 10.9. The van der Waals surface area contributed by atoms with Crippen LogP contribution in [0.5, 0.6) is 11.5 Å². The van der Waals surface area contributed by atoms with Crippen LogP contribution < -0.4 is 9.47 Å². The standard InChI is InChI=1S/C15H16O3S/c1-9-5-6-19-15(9)14-8-12(16)11-4-3-10(17-2)7-13(11)18-14/h3-7,12,14,16H,8H2,1-2H3/t12-,14?/m0/s1. The highest BCUT2D eigenvalue weighted by Crippen LogP contribution is 2.43. The van der Waals surface area contributed by atoms with Gasteiger partial charge in [0, 0.05) is 22.9 Å². The van der Waals surface area contributed by atoms with Crippen LogP contribution in [0.2, 0.25) is 0 Å². The third-order valence-electron chi connectivity index (χ3n) is 3.48. The van der Waals surface area contributed by atoms with Crippen LogP contribution in [-0.4, -0.2) is 12.2 Å². The van der Waals surface area contributed by atoms with Gasteiger partial charge in [-0.3, -0.25) is 0 Å². The minimum Gasteiger partial charge on any atom is -0.497 e. The van der Waals surface area contributed by atoms with Crippen molar-refractivity contribution in [2.45, 2.75) is 25.6 Å². The number of methoxy groups -OCH3 is 1. The summed E-state index contributed by atoms with van der Waals surface area (Å²) in [7, 11) is 1.63. The number of rotatable bonds is 2. The average molecular weight is 276 g/mol. The van der Waals surface area contributed by atoms with E-state index in [9.17, 15) is 5.11 Å². The van der Waals surface area contributed by atoms with E-state index in [1.54, 1.807) is 18.4 Å². The van der Waals surface area contributed by atoms with Crippen molar-refractivity contribution in [2.24, 2.45) is 0 Å². The third-order valence-corrected chi connectivity index (χ3v) is 4.59. The second kappa shape index (κ2) is 4.87. The van der Waals surface area contributed by atoms with Crippen molar-refractivity contribution in [2.75, 3.05) is 7.11 Å². The second-order valence-corrected chi connectivity index (χ2v) is 5.68. The Morgan fingerprint density at radius 2 is 2.21 bits per heavy atom. The molecule has 0 radical (unpaired) electrons. The predicted octanol–water partition coefficient (Wildman–Crippen LogP) is 3.62. The smallest absolute Gasteiger partial charge is 0.136 e. The van der Waals surface area contributed by atoms with Crippen LogP contribution in [0.4, 0.5) is 0 Å². The number of hydrogen-bond acceptors (Lipinski definition) is 4. The Bertz CT molecular complexity index is 591. The Hall–Kier alpha value is -1.52. The number of ether oxygens (including phenoxy) is 2. The molecule has 0 bridgehead atoms. The first kappa shape index (κ1) is 12.5. The van der Waals surface area contributed by atoms with Gasteiger partial charge in [0.05, 0.1) is 13.2 Å². The molecule has 1 aromatic heterocycles. The molecule has 0 saturated heterocycles. The number of fused-ring (bicyclic) bond motifs is 1. The van der Waals surface area contributed by atoms with E-state index in [1.165, 1.54) is 10.4 Å². The van der Waals surface area contributed by atoms with Crippen molar-refractivity contribution in [3.05, 3.63) is 45.6 Å². The van der Waals surface area contributed by atoms with E-state index < -0.39 is 6.10 Å². The highest BCUT2D eigenvalue weighted by molar-refractivity contribution is 7.10. The topological polar surface area (TPSA) is 38.7 Å². The van der Waals surface area contributed by atoms with E-state index >= 15 is 0 Å². The summed E-state index contributed by atoms with van der Waals surface area (Å²) in [4.78, 5) is 1.19. The summed E-state index contributed by atoms with van der Waals surface area (Å²) in [6.07, 6.45) is 0.0384. The van der Waals surface area contributed by atoms with Crippen molar-refractivity contribution in [3.8, 4) is 11.5 Å². The average Bonchev–Trinajstić information content (AvgIpc) is 2.84. The maximum absolute atomic E-state index is 10.3. The summed E-state index contributed by atoms with van der Waals surface area (Å²) >= 11 is 1.68. The van der Waals surface area contributed by atoms with Crippen molar-refractivity contribution >= 4 is 11.3 Å². The first-order valence-corrected chi connectivity index (χ1v) is 7.13. The van der Waals surface area contributed by atoms with Gasteiger partial charge in [0.15, 0.2) is 0 Å². The van der Waals surface area contributed by atoms with Gasteiger partial charge in [-0.15, -0.1) is 11.3 Å². The van der Waals surface area contributed by atoms with Crippen LogP contribution >= 0.6 is 11.3 Å². The van der Waals surface area contributed by atoms with Crippen LogP contribution in [-0.2, 0) is 0 Å². The number of benzene rings is 1. The molecule has 2 aromatic rings. The Balaban J connectivity index is 1.96. The van der Waals surface area contributed by atoms with Gasteiger partial charge in [0.2, 0.25) is 0 Å². The quantitative estimate of drug-likeness (QED) is 0.910. The molecule has 1 aromatic carbocycles. The van der Waals surface area contributed by atoms with Gasteiger partial charge in [-0.05, 0) is 36.1 Å². The lowest BCUT2D eigenvalue weighted by molar-refractivity contribution is 0.0669. The summed E-state index contributed by atoms with van der Waals surface area (Å²) in [5.41, 5.74) is 2.06. The molecule has 1 N–H and O–H groups in total. The first-order chi connectivity index (χ1) is 9.19. The summed E-state index contributed by atoms with van der Waals surface area (Å²) in [6.45, 7) is 2.07. The van der Waals surface area contributed by atoms with E-state index in [1.807, 2.05) is 18.2 Å². The number of aryl methyl sites for hydroxylation is 1. The minimum atomic E-state index is -0.485. The predicted molar refractivity (Wildman–Crippen MR) is 75.0 cm³/mol. The van der Waals surface area contributed by atoms with E-state index in [2.05, 4.69) is 18.4 Å². The van der Waals surface area contributed by atoms with Crippen molar-refractivity contribution in [1.82, 2.24) is 0 Å². The Morgan fingerprint density at radius 1 is 1.37 bits per heavy atom. The van der Waals surface area contributed by atoms with Gasteiger partial charge in [-0.2, -0.15) is 0 Å². The van der Waals surface area contributed by atoms with Gasteiger partial charge in [-0.1, -0.05) is 0 Å². The van der Waals surface area contributed by atoms with Crippen LogP contribution in [0.3, 0.4) is 0 Å². The molecule has 0 spiro atoms. The van der Waals surface area contributed by atoms with Crippen molar-refractivity contribution < 1.29 is 14.6 Å². The molecule has 100 valence electrons. The summed E-state index contributed by atoms with van der Waals surface area (Å²) < 4.78 is 11.2. The molecule has 0 aliphatic carbocycles. The highest BCUT2D eigenvalue weighted by Gasteiger charge is 2.29. The number of aliphatic hydroxyl groups is 1. The largest absolute Gasteiger partial charge is 0.497 e. The van der Waals surface area contributed by atoms with E-state index in [-0.39, 0.29) is 6.10 Å². The minimum absolute atomic E-state index is 0.0744. The monoisotopic (exact) mass is 276 g/mol. The van der Waals surface area contributed by atoms with E-state index in [0.717, 1.165) is 17.1 Å². The fourth-order valence-corrected chi connectivity index (χ4v) is 3.39. The SMILES string of the molecule is COc1ccc2c(c1)OC(c1sccc1C)C[C@@H]2O. The number of aliphatic hydroxyl groups excluding tert-OH is 1. The lowest BCUT2D eigenvalue weighted by atomic mass is 9.97. The molecule has 4 heteroatoms. The molecule has 0 amide bonds. The van der Waals surface area contributed by atoms with Crippen LogP contribution in [0, 0.1) is 6.92 Å². The highest BCUT2D eigenvalue weighted by atomic mass is 32.1. The van der Waals surface area contributed by atoms with E-state index in [0.29, 0.717) is 6.42 Å². The number of hydrogen-bond donors (Lipinski definition) is 1. The van der Waals surface area contributed by atoms with Crippen LogP contribution in [0.25, 0.3) is 0 Å². The Labute approximate surface area is 116 Å². The molecule has 0 saturated carbocycles. The summed E-state index contributed by atoms with van der Waals surface area (Å²) in [5, 5.41) is 12.3. The molecular weight excluding hydrogens is 260 g/mol. The zero-order chi connectivity index (χ0) is 13.4. The molecule has 1 unspecified atom stereocenters. The second-order valence-electron chi connectivity index (χ2n) is 4.73. The zero-order valence-corrected chi connectivity index (χ0v) is 11.7.